The number of anilines is 1. The first-order valence-corrected chi connectivity index (χ1v) is 14.2. The number of hydrogen-bond acceptors (Lipinski definition) is 5. The molecule has 6 nitrogen and oxygen atoms in total. The number of benzene rings is 3. The van der Waals surface area contributed by atoms with Crippen LogP contribution in [0.1, 0.15) is 53.9 Å². The lowest BCUT2D eigenvalue weighted by Gasteiger charge is -2.33. The molecule has 2 unspecified atom stereocenters. The van der Waals surface area contributed by atoms with E-state index >= 15 is 0 Å². The first-order chi connectivity index (χ1) is 19.2. The number of nitrogens with one attached hydrogen (secondary N) is 2. The van der Waals surface area contributed by atoms with E-state index in [0.717, 1.165) is 67.9 Å². The van der Waals surface area contributed by atoms with Gasteiger partial charge in [0.05, 0.1) is 26.9 Å². The molecular weight excluding hydrogens is 488 g/mol. The van der Waals surface area contributed by atoms with Crippen LogP contribution in [0.3, 0.4) is 0 Å². The largest absolute Gasteiger partial charge is 0.496 e. The summed E-state index contributed by atoms with van der Waals surface area (Å²) >= 11 is 0. The minimum Gasteiger partial charge on any atom is -0.496 e. The Morgan fingerprint density at radius 1 is 0.923 bits per heavy atom. The fourth-order valence-corrected chi connectivity index (χ4v) is 5.86. The zero-order valence-electron chi connectivity index (χ0n) is 22.9. The van der Waals surface area contributed by atoms with Crippen LogP contribution < -0.4 is 20.1 Å². The third-order valence-electron chi connectivity index (χ3n) is 7.90. The zero-order chi connectivity index (χ0) is 26.9. The van der Waals surface area contributed by atoms with Gasteiger partial charge in [-0.05, 0) is 85.5 Å². The molecule has 0 spiro atoms. The van der Waals surface area contributed by atoms with Crippen LogP contribution in [0.15, 0.2) is 66.7 Å². The molecule has 3 aromatic carbocycles. The Hall–Kier alpha value is -3.35. The van der Waals surface area contributed by atoms with Gasteiger partial charge < -0.3 is 24.8 Å². The number of carbonyl (C=O) groups is 1. The summed E-state index contributed by atoms with van der Waals surface area (Å²) in [6.07, 6.45) is 5.37. The van der Waals surface area contributed by atoms with E-state index < -0.39 is 0 Å². The number of carbonyl (C=O) groups excluding carboxylic acids is 1. The Bertz CT molecular complexity index is 1230. The molecule has 2 heterocycles. The van der Waals surface area contributed by atoms with Gasteiger partial charge in [-0.2, -0.15) is 0 Å². The van der Waals surface area contributed by atoms with Crippen LogP contribution >= 0.6 is 0 Å². The monoisotopic (exact) mass is 528 g/mol. The highest BCUT2D eigenvalue weighted by Gasteiger charge is 2.28. The summed E-state index contributed by atoms with van der Waals surface area (Å²) in [5, 5.41) is 6.80. The summed E-state index contributed by atoms with van der Waals surface area (Å²) in [6, 6.07) is 23.1. The minimum atomic E-state index is 0.137. The van der Waals surface area contributed by atoms with Crippen LogP contribution in [-0.2, 0) is 29.0 Å². The molecule has 5 rings (SSSR count). The number of hydrogen-bond donors (Lipinski definition) is 2. The van der Waals surface area contributed by atoms with E-state index in [1.54, 1.807) is 7.11 Å². The van der Waals surface area contributed by atoms with Gasteiger partial charge in [0, 0.05) is 24.1 Å². The average Bonchev–Trinajstić information content (AvgIpc) is 3.17. The number of fused-ring (bicyclic) bond motifs is 1. The molecule has 0 aliphatic carbocycles. The smallest absolute Gasteiger partial charge is 0.224 e. The molecule has 2 N–H and O–H groups in total. The Kier molecular flexibility index (Phi) is 9.52. The Morgan fingerprint density at radius 2 is 1.77 bits per heavy atom. The molecule has 1 fully saturated rings. The molecule has 2 aliphatic heterocycles. The summed E-state index contributed by atoms with van der Waals surface area (Å²) in [4.78, 5) is 12.3. The van der Waals surface area contributed by atoms with Crippen LogP contribution in [0.2, 0.25) is 0 Å². The molecule has 0 radical (unpaired) electrons. The van der Waals surface area contributed by atoms with Crippen molar-refractivity contribution in [2.75, 3.05) is 38.7 Å². The van der Waals surface area contributed by atoms with Gasteiger partial charge in [-0.25, -0.2) is 0 Å². The van der Waals surface area contributed by atoms with Crippen molar-refractivity contribution in [2.24, 2.45) is 5.92 Å². The molecule has 1 amide bonds. The quantitative estimate of drug-likeness (QED) is 0.304. The predicted octanol–water partition coefficient (Wildman–Crippen LogP) is 5.89. The highest BCUT2D eigenvalue weighted by atomic mass is 16.5. The third kappa shape index (κ3) is 7.20. The van der Waals surface area contributed by atoms with Crippen molar-refractivity contribution in [3.8, 4) is 11.5 Å². The molecule has 0 saturated carbocycles. The topological polar surface area (TPSA) is 68.8 Å². The van der Waals surface area contributed by atoms with Crippen LogP contribution in [0.5, 0.6) is 11.5 Å². The molecule has 0 aromatic heterocycles. The maximum Gasteiger partial charge on any atom is 0.224 e. The molecule has 0 bridgehead atoms. The van der Waals surface area contributed by atoms with Crippen molar-refractivity contribution < 1.29 is 19.0 Å². The van der Waals surface area contributed by atoms with Gasteiger partial charge in [-0.3, -0.25) is 4.79 Å². The molecule has 6 heteroatoms. The zero-order valence-corrected chi connectivity index (χ0v) is 22.9. The van der Waals surface area contributed by atoms with Crippen molar-refractivity contribution in [3.05, 3.63) is 89.0 Å². The second-order valence-electron chi connectivity index (χ2n) is 10.6. The molecule has 2 aliphatic rings. The van der Waals surface area contributed by atoms with Crippen molar-refractivity contribution >= 4 is 11.6 Å². The highest BCUT2D eigenvalue weighted by molar-refractivity contribution is 5.93. The molecule has 1 saturated heterocycles. The number of para-hydroxylation sites is 2. The first kappa shape index (κ1) is 27.2. The fourth-order valence-electron chi connectivity index (χ4n) is 5.86. The normalized spacial score (nSPS) is 19.1. The molecule has 39 heavy (non-hydrogen) atoms. The first-order valence-electron chi connectivity index (χ1n) is 14.2. The van der Waals surface area contributed by atoms with Crippen molar-refractivity contribution in [2.45, 2.75) is 51.0 Å². The lowest BCUT2D eigenvalue weighted by Crippen LogP contribution is -2.36. The van der Waals surface area contributed by atoms with E-state index in [1.165, 1.54) is 16.7 Å². The number of methoxy groups -OCH3 is 1. The number of rotatable bonds is 11. The molecule has 3 aromatic rings. The standard InChI is InChI=1S/C33H40N2O4/c1-37-31-11-3-2-7-27(31)23-38-19-6-20-39-29-15-13-24(14-16-29)30-17-18-34-22-28(30)21-26-10-4-8-25-9-5-12-32(36)35-33(25)26/h2-4,7-8,10-11,13-16,28,30,34H,5-6,9,12,17-23H2,1H3,(H,35,36). The van der Waals surface area contributed by atoms with Gasteiger partial charge in [0.2, 0.25) is 5.91 Å². The van der Waals surface area contributed by atoms with Crippen molar-refractivity contribution in [1.29, 1.82) is 0 Å². The summed E-state index contributed by atoms with van der Waals surface area (Å²) in [5.74, 6) is 2.83. The highest BCUT2D eigenvalue weighted by Crippen LogP contribution is 2.36. The molecule has 206 valence electrons. The van der Waals surface area contributed by atoms with Gasteiger partial charge in [0.15, 0.2) is 0 Å². The number of aryl methyl sites for hydroxylation is 1. The Morgan fingerprint density at radius 3 is 2.64 bits per heavy atom. The SMILES string of the molecule is COc1ccccc1COCCCOc1ccc(C2CCNCC2Cc2cccc3c2NC(=O)CCC3)cc1. The Balaban J connectivity index is 1.13. The summed E-state index contributed by atoms with van der Waals surface area (Å²) < 4.78 is 17.2. The van der Waals surface area contributed by atoms with Gasteiger partial charge in [-0.15, -0.1) is 0 Å². The van der Waals surface area contributed by atoms with E-state index in [2.05, 4.69) is 53.1 Å². The van der Waals surface area contributed by atoms with Gasteiger partial charge >= 0.3 is 0 Å². The summed E-state index contributed by atoms with van der Waals surface area (Å²) in [6.45, 7) is 3.80. The maximum absolute atomic E-state index is 12.3. The van der Waals surface area contributed by atoms with Crippen molar-refractivity contribution in [3.63, 3.8) is 0 Å². The number of amides is 1. The lowest BCUT2D eigenvalue weighted by atomic mass is 9.77. The predicted molar refractivity (Wildman–Crippen MR) is 155 cm³/mol. The van der Waals surface area contributed by atoms with Crippen LogP contribution in [-0.4, -0.2) is 39.3 Å². The average molecular weight is 529 g/mol. The van der Waals surface area contributed by atoms with Crippen LogP contribution in [0, 0.1) is 5.92 Å². The second-order valence-corrected chi connectivity index (χ2v) is 10.6. The second kappa shape index (κ2) is 13.6. The van der Waals surface area contributed by atoms with Gasteiger partial charge in [0.25, 0.3) is 0 Å². The Labute approximate surface area is 232 Å². The summed E-state index contributed by atoms with van der Waals surface area (Å²) in [7, 11) is 1.68. The van der Waals surface area contributed by atoms with Gasteiger partial charge in [-0.1, -0.05) is 48.5 Å². The minimum absolute atomic E-state index is 0.137. The molecular formula is C33H40N2O4. The van der Waals surface area contributed by atoms with E-state index in [1.807, 2.05) is 24.3 Å². The maximum atomic E-state index is 12.3. The van der Waals surface area contributed by atoms with Crippen LogP contribution in [0.4, 0.5) is 5.69 Å². The lowest BCUT2D eigenvalue weighted by molar-refractivity contribution is -0.116. The third-order valence-corrected chi connectivity index (χ3v) is 7.90. The van der Waals surface area contributed by atoms with E-state index in [4.69, 9.17) is 14.2 Å². The van der Waals surface area contributed by atoms with Crippen LogP contribution in [0.25, 0.3) is 0 Å². The van der Waals surface area contributed by atoms with Crippen molar-refractivity contribution in [1.82, 2.24) is 5.32 Å². The number of ether oxygens (including phenoxy) is 3. The fraction of sp³-hybridized carbons (Fsp3) is 0.424. The van der Waals surface area contributed by atoms with Gasteiger partial charge in [0.1, 0.15) is 11.5 Å². The van der Waals surface area contributed by atoms with E-state index in [0.29, 0.717) is 38.1 Å². The van der Waals surface area contributed by atoms with E-state index in [-0.39, 0.29) is 5.91 Å². The molecule has 2 atom stereocenters. The van der Waals surface area contributed by atoms with E-state index in [9.17, 15) is 4.79 Å². The number of piperidine rings is 1. The summed E-state index contributed by atoms with van der Waals surface area (Å²) in [5.41, 5.74) is 6.00.